The van der Waals surface area contributed by atoms with Gasteiger partial charge in [0.15, 0.2) is 5.82 Å². The van der Waals surface area contributed by atoms with E-state index >= 15 is 0 Å². The van der Waals surface area contributed by atoms with Crippen LogP contribution in [0, 0.1) is 10.1 Å². The van der Waals surface area contributed by atoms with Gasteiger partial charge in [0.1, 0.15) is 5.15 Å². The molecule has 1 aliphatic heterocycles. The Morgan fingerprint density at radius 2 is 2.43 bits per heavy atom. The lowest BCUT2D eigenvalue weighted by molar-refractivity contribution is -0.404. The van der Waals surface area contributed by atoms with Crippen LogP contribution in [0.5, 0.6) is 0 Å². The third-order valence-electron chi connectivity index (χ3n) is 3.17. The summed E-state index contributed by atoms with van der Waals surface area (Å²) in [5.74, 6) is 0.515. The second-order valence-electron chi connectivity index (χ2n) is 4.70. The first-order chi connectivity index (χ1) is 10.1. The van der Waals surface area contributed by atoms with Crippen LogP contribution >= 0.6 is 11.6 Å². The molecule has 1 aromatic heterocycles. The van der Waals surface area contributed by atoms with Gasteiger partial charge >= 0.3 is 0 Å². The fourth-order valence-corrected chi connectivity index (χ4v) is 2.30. The number of halogens is 1. The van der Waals surface area contributed by atoms with E-state index in [4.69, 9.17) is 11.6 Å². The Hall–Kier alpha value is -2.08. The molecule has 1 atom stereocenters. The number of allylic oxidation sites excluding steroid dienone is 1. The van der Waals surface area contributed by atoms with Crippen LogP contribution in [0.25, 0.3) is 0 Å². The number of nitrogens with zero attached hydrogens (tertiary/aromatic N) is 3. The van der Waals surface area contributed by atoms with Crippen molar-refractivity contribution in [2.45, 2.75) is 25.9 Å². The number of nitro groups is 1. The minimum atomic E-state index is -0.443. The van der Waals surface area contributed by atoms with Crippen LogP contribution in [0.4, 0.5) is 0 Å². The Labute approximate surface area is 128 Å². The van der Waals surface area contributed by atoms with Crippen molar-refractivity contribution in [2.75, 3.05) is 6.54 Å². The minimum Gasteiger partial charge on any atom is -0.364 e. The molecule has 1 saturated heterocycles. The fraction of sp³-hybridized carbons (Fsp3) is 0.357. The molecule has 1 N–H and O–H groups in total. The SMILES string of the molecule is CC/C=C/[C@@H]1CN/C(=C/[N+](=O)[O-])N1Cc1ccc(Cl)nc1. The monoisotopic (exact) mass is 308 g/mol. The first kappa shape index (κ1) is 15.3. The van der Waals surface area contributed by atoms with Gasteiger partial charge in [0.05, 0.1) is 11.0 Å². The molecule has 0 amide bonds. The minimum absolute atomic E-state index is 0.0897. The second kappa shape index (κ2) is 7.08. The van der Waals surface area contributed by atoms with E-state index < -0.39 is 4.92 Å². The molecule has 0 spiro atoms. The first-order valence-electron chi connectivity index (χ1n) is 6.73. The smallest absolute Gasteiger partial charge is 0.274 e. The van der Waals surface area contributed by atoms with Crippen molar-refractivity contribution in [3.05, 3.63) is 63.3 Å². The maximum Gasteiger partial charge on any atom is 0.274 e. The quantitative estimate of drug-likeness (QED) is 0.392. The highest BCUT2D eigenvalue weighted by Crippen LogP contribution is 2.20. The lowest BCUT2D eigenvalue weighted by Crippen LogP contribution is -2.28. The average Bonchev–Trinajstić information content (AvgIpc) is 2.81. The van der Waals surface area contributed by atoms with Crippen molar-refractivity contribution in [2.24, 2.45) is 0 Å². The fourth-order valence-electron chi connectivity index (χ4n) is 2.18. The summed E-state index contributed by atoms with van der Waals surface area (Å²) in [4.78, 5) is 16.3. The van der Waals surface area contributed by atoms with Crippen molar-refractivity contribution in [1.82, 2.24) is 15.2 Å². The van der Waals surface area contributed by atoms with Gasteiger partial charge in [0, 0.05) is 19.3 Å². The Morgan fingerprint density at radius 3 is 3.05 bits per heavy atom. The lowest BCUT2D eigenvalue weighted by Gasteiger charge is -2.23. The number of hydrogen-bond donors (Lipinski definition) is 1. The van der Waals surface area contributed by atoms with Crippen LogP contribution in [0.3, 0.4) is 0 Å². The molecule has 7 heteroatoms. The largest absolute Gasteiger partial charge is 0.364 e. The summed E-state index contributed by atoms with van der Waals surface area (Å²) in [6.07, 6.45) is 7.75. The second-order valence-corrected chi connectivity index (χ2v) is 5.09. The molecule has 112 valence electrons. The lowest BCUT2D eigenvalue weighted by atomic mass is 10.2. The van der Waals surface area contributed by atoms with Gasteiger partial charge in [-0.3, -0.25) is 10.1 Å². The highest BCUT2D eigenvalue weighted by Gasteiger charge is 2.28. The molecule has 1 aromatic rings. The standard InChI is InChI=1S/C14H17ClN4O2/c1-2-3-4-12-8-17-14(10-19(20)21)18(12)9-11-5-6-13(15)16-7-11/h3-7,10,12,17H,2,8-9H2,1H3/b4-3+,14-10-/t12-/m1/s1. The Kier molecular flexibility index (Phi) is 5.16. The van der Waals surface area contributed by atoms with Crippen LogP contribution < -0.4 is 5.32 Å². The van der Waals surface area contributed by atoms with E-state index in [0.717, 1.165) is 18.2 Å². The summed E-state index contributed by atoms with van der Waals surface area (Å²) >= 11 is 5.77. The van der Waals surface area contributed by atoms with E-state index in [-0.39, 0.29) is 6.04 Å². The van der Waals surface area contributed by atoms with Crippen LogP contribution in [0.15, 0.2) is 42.5 Å². The number of rotatable bonds is 5. The molecule has 0 bridgehead atoms. The van der Waals surface area contributed by atoms with Crippen molar-refractivity contribution in [3.8, 4) is 0 Å². The van der Waals surface area contributed by atoms with Gasteiger partial charge in [0.2, 0.25) is 0 Å². The van der Waals surface area contributed by atoms with Crippen LogP contribution in [-0.4, -0.2) is 27.4 Å². The average molecular weight is 309 g/mol. The van der Waals surface area contributed by atoms with E-state index in [1.807, 2.05) is 11.0 Å². The number of hydrogen-bond acceptors (Lipinski definition) is 5. The molecule has 0 saturated carbocycles. The zero-order valence-corrected chi connectivity index (χ0v) is 12.5. The van der Waals surface area contributed by atoms with Gasteiger partial charge in [-0.05, 0) is 18.1 Å². The molecule has 1 fully saturated rings. The van der Waals surface area contributed by atoms with Crippen molar-refractivity contribution in [1.29, 1.82) is 0 Å². The summed E-state index contributed by atoms with van der Waals surface area (Å²) < 4.78 is 0. The summed E-state index contributed by atoms with van der Waals surface area (Å²) in [5.41, 5.74) is 0.951. The van der Waals surface area contributed by atoms with E-state index in [1.54, 1.807) is 12.3 Å². The first-order valence-corrected chi connectivity index (χ1v) is 7.11. The van der Waals surface area contributed by atoms with Gasteiger partial charge in [-0.25, -0.2) is 4.98 Å². The molecule has 0 radical (unpaired) electrons. The predicted octanol–water partition coefficient (Wildman–Crippen LogP) is 2.55. The van der Waals surface area contributed by atoms with Gasteiger partial charge in [-0.1, -0.05) is 36.7 Å². The Balaban J connectivity index is 2.20. The van der Waals surface area contributed by atoms with Gasteiger partial charge in [-0.2, -0.15) is 0 Å². The van der Waals surface area contributed by atoms with Crippen molar-refractivity contribution < 1.29 is 4.92 Å². The summed E-state index contributed by atoms with van der Waals surface area (Å²) in [7, 11) is 0. The number of aromatic nitrogens is 1. The zero-order valence-electron chi connectivity index (χ0n) is 11.7. The van der Waals surface area contributed by atoms with E-state index in [1.165, 1.54) is 0 Å². The summed E-state index contributed by atoms with van der Waals surface area (Å²) in [6, 6.07) is 3.68. The van der Waals surface area contributed by atoms with Crippen LogP contribution in [-0.2, 0) is 6.54 Å². The number of nitrogens with one attached hydrogen (secondary N) is 1. The molecule has 1 aliphatic rings. The number of pyridine rings is 1. The van der Waals surface area contributed by atoms with Crippen LogP contribution in [0.2, 0.25) is 5.15 Å². The predicted molar refractivity (Wildman–Crippen MR) is 81.1 cm³/mol. The van der Waals surface area contributed by atoms with E-state index in [2.05, 4.69) is 29.4 Å². The molecule has 21 heavy (non-hydrogen) atoms. The molecule has 2 heterocycles. The molecule has 0 unspecified atom stereocenters. The molecule has 0 aliphatic carbocycles. The van der Waals surface area contributed by atoms with E-state index in [9.17, 15) is 10.1 Å². The third-order valence-corrected chi connectivity index (χ3v) is 3.39. The maximum absolute atomic E-state index is 10.7. The molecule has 6 nitrogen and oxygen atoms in total. The third kappa shape index (κ3) is 4.19. The van der Waals surface area contributed by atoms with Gasteiger partial charge in [0.25, 0.3) is 6.20 Å². The van der Waals surface area contributed by atoms with E-state index in [0.29, 0.717) is 24.1 Å². The Morgan fingerprint density at radius 1 is 1.62 bits per heavy atom. The zero-order chi connectivity index (χ0) is 15.2. The normalized spacial score (nSPS) is 20.2. The maximum atomic E-state index is 10.7. The summed E-state index contributed by atoms with van der Waals surface area (Å²) in [5, 5.41) is 14.2. The molecular formula is C14H17ClN4O2. The Bertz CT molecular complexity index is 557. The topological polar surface area (TPSA) is 71.3 Å². The van der Waals surface area contributed by atoms with Crippen molar-refractivity contribution in [3.63, 3.8) is 0 Å². The highest BCUT2D eigenvalue weighted by molar-refractivity contribution is 6.29. The van der Waals surface area contributed by atoms with Gasteiger partial charge < -0.3 is 10.2 Å². The molecule has 2 rings (SSSR count). The molecule has 0 aromatic carbocycles. The van der Waals surface area contributed by atoms with Crippen LogP contribution in [0.1, 0.15) is 18.9 Å². The summed E-state index contributed by atoms with van der Waals surface area (Å²) in [6.45, 7) is 3.24. The van der Waals surface area contributed by atoms with Crippen molar-refractivity contribution >= 4 is 11.6 Å². The van der Waals surface area contributed by atoms with Gasteiger partial charge in [-0.15, -0.1) is 0 Å². The molecular weight excluding hydrogens is 292 g/mol. The highest BCUT2D eigenvalue weighted by atomic mass is 35.5.